The maximum Gasteiger partial charge on any atom is 0.404 e. The van der Waals surface area contributed by atoms with Crippen molar-refractivity contribution >= 4 is 11.9 Å². The summed E-state index contributed by atoms with van der Waals surface area (Å²) in [7, 11) is 0. The zero-order valence-electron chi connectivity index (χ0n) is 19.0. The van der Waals surface area contributed by atoms with Crippen LogP contribution in [-0.4, -0.2) is 34.0 Å². The van der Waals surface area contributed by atoms with Gasteiger partial charge in [-0.1, -0.05) is 45.2 Å². The van der Waals surface area contributed by atoms with Gasteiger partial charge in [0.25, 0.3) is 0 Å². The number of fused-ring (bicyclic) bond motifs is 3. The zero-order chi connectivity index (χ0) is 22.9. The lowest BCUT2D eigenvalue weighted by Crippen LogP contribution is -2.23. The summed E-state index contributed by atoms with van der Waals surface area (Å²) in [5, 5.41) is 23.2. The van der Waals surface area contributed by atoms with Crippen molar-refractivity contribution in [3.05, 3.63) is 34.9 Å². The van der Waals surface area contributed by atoms with Crippen LogP contribution in [0.4, 0.5) is 10.6 Å². The molecule has 1 aliphatic rings. The lowest BCUT2D eigenvalue weighted by Gasteiger charge is -2.22. The van der Waals surface area contributed by atoms with E-state index in [4.69, 9.17) is 15.2 Å². The molecular weight excluding hydrogens is 408 g/mol. The molecule has 1 amide bonds. The topological polar surface area (TPSA) is 120 Å². The second-order valence-electron chi connectivity index (χ2n) is 8.17. The van der Waals surface area contributed by atoms with Gasteiger partial charge >= 0.3 is 6.09 Å². The maximum atomic E-state index is 11.4. The number of unbranched alkanes of at least 4 members (excludes halogenated alkanes) is 2. The van der Waals surface area contributed by atoms with E-state index < -0.39 is 6.09 Å². The van der Waals surface area contributed by atoms with Crippen LogP contribution in [0.2, 0.25) is 0 Å². The number of carbonyl (C=O) groups excluding carboxylic acids is 1. The number of hydrogen-bond acceptors (Lipinski definition) is 7. The summed E-state index contributed by atoms with van der Waals surface area (Å²) >= 11 is 0. The number of ether oxygens (including phenoxy) is 2. The number of hydrogen-bond donors (Lipinski definition) is 3. The number of nitrogens with zero attached hydrogens (tertiary/aromatic N) is 2. The molecule has 174 valence electrons. The molecule has 0 saturated heterocycles. The highest BCUT2D eigenvalue weighted by Gasteiger charge is 2.24. The van der Waals surface area contributed by atoms with Crippen LogP contribution < -0.4 is 11.1 Å². The lowest BCUT2D eigenvalue weighted by atomic mass is 9.94. The highest BCUT2D eigenvalue weighted by molar-refractivity contribution is 5.75. The number of aromatic hydroxyl groups is 1. The van der Waals surface area contributed by atoms with Crippen LogP contribution in [0.1, 0.15) is 69.1 Å². The Labute approximate surface area is 189 Å². The van der Waals surface area contributed by atoms with E-state index in [9.17, 15) is 9.90 Å². The number of carbonyl (C=O) groups is 1. The minimum atomic E-state index is -0.842. The first-order chi connectivity index (χ1) is 15.5. The Morgan fingerprint density at radius 2 is 2.16 bits per heavy atom. The predicted molar refractivity (Wildman–Crippen MR) is 123 cm³/mol. The van der Waals surface area contributed by atoms with Gasteiger partial charge in [0.2, 0.25) is 0 Å². The fourth-order valence-electron chi connectivity index (χ4n) is 4.12. The molecule has 2 aromatic rings. The minimum absolute atomic E-state index is 0.00923. The van der Waals surface area contributed by atoms with Gasteiger partial charge in [-0.2, -0.15) is 0 Å². The van der Waals surface area contributed by atoms with E-state index in [0.29, 0.717) is 36.7 Å². The molecule has 32 heavy (non-hydrogen) atoms. The Hall–Kier alpha value is -2.87. The molecule has 8 heteroatoms. The number of nitrogens with one attached hydrogen (secondary N) is 1. The van der Waals surface area contributed by atoms with E-state index >= 15 is 0 Å². The first kappa shape index (κ1) is 23.8. The number of amides is 1. The Bertz CT molecular complexity index is 919. The fourth-order valence-corrected chi connectivity index (χ4v) is 4.12. The Kier molecular flexibility index (Phi) is 8.67. The van der Waals surface area contributed by atoms with Gasteiger partial charge in [-0.15, -0.1) is 10.2 Å². The molecule has 1 aromatic heterocycles. The highest BCUT2D eigenvalue weighted by atomic mass is 16.5. The second-order valence-corrected chi connectivity index (χ2v) is 8.17. The van der Waals surface area contributed by atoms with Gasteiger partial charge in [0.1, 0.15) is 18.1 Å². The Morgan fingerprint density at radius 3 is 2.91 bits per heavy atom. The molecule has 4 N–H and O–H groups in total. The summed E-state index contributed by atoms with van der Waals surface area (Å²) in [5.74, 6) is 0.725. The molecule has 0 bridgehead atoms. The second kappa shape index (κ2) is 11.7. The maximum absolute atomic E-state index is 11.4. The first-order valence-corrected chi connectivity index (χ1v) is 11.5. The van der Waals surface area contributed by atoms with Crippen LogP contribution in [0.5, 0.6) is 5.75 Å². The number of phenols is 1. The van der Waals surface area contributed by atoms with E-state index in [-0.39, 0.29) is 18.4 Å². The third kappa shape index (κ3) is 5.88. The van der Waals surface area contributed by atoms with E-state index in [2.05, 4.69) is 29.4 Å². The number of aromatic nitrogens is 2. The van der Waals surface area contributed by atoms with Crippen molar-refractivity contribution in [3.8, 4) is 17.0 Å². The van der Waals surface area contributed by atoms with Crippen molar-refractivity contribution in [2.45, 2.75) is 78.0 Å². The number of benzene rings is 1. The zero-order valence-corrected chi connectivity index (χ0v) is 19.0. The normalized spacial score (nSPS) is 14.3. The summed E-state index contributed by atoms with van der Waals surface area (Å²) in [5.41, 5.74) is 8.96. The van der Waals surface area contributed by atoms with Crippen LogP contribution in [-0.2, 0) is 29.1 Å². The standard InChI is InChI=1S/C24H34N4O4/c1-3-5-6-10-17(4-2)26-23-19(15-32-24(25)30)18-11-8-13-31-14-16-9-7-12-20(29)21(16)22(18)27-28-23/h7,9,12,17,29H,3-6,8,10-11,13-15H2,1-2H3,(H2,25,30)(H,26,28). The van der Waals surface area contributed by atoms with E-state index in [1.165, 1.54) is 6.42 Å². The van der Waals surface area contributed by atoms with Crippen molar-refractivity contribution in [1.82, 2.24) is 10.2 Å². The molecule has 0 radical (unpaired) electrons. The molecule has 0 saturated carbocycles. The summed E-state index contributed by atoms with van der Waals surface area (Å²) in [6.07, 6.45) is 6.02. The van der Waals surface area contributed by atoms with Crippen molar-refractivity contribution < 1.29 is 19.4 Å². The molecule has 2 heterocycles. The van der Waals surface area contributed by atoms with Crippen molar-refractivity contribution in [2.24, 2.45) is 5.73 Å². The largest absolute Gasteiger partial charge is 0.507 e. The predicted octanol–water partition coefficient (Wildman–Crippen LogP) is 4.68. The molecule has 3 rings (SSSR count). The van der Waals surface area contributed by atoms with Crippen LogP contribution in [0, 0.1) is 0 Å². The van der Waals surface area contributed by atoms with Gasteiger partial charge in [-0.05, 0) is 42.9 Å². The van der Waals surface area contributed by atoms with Gasteiger partial charge in [0.05, 0.1) is 6.61 Å². The number of anilines is 1. The molecule has 1 aliphatic heterocycles. The highest BCUT2D eigenvalue weighted by Crippen LogP contribution is 2.38. The average Bonchev–Trinajstić information content (AvgIpc) is 2.86. The van der Waals surface area contributed by atoms with E-state index in [1.807, 2.05) is 6.07 Å². The third-order valence-corrected chi connectivity index (χ3v) is 5.87. The van der Waals surface area contributed by atoms with Gasteiger partial charge in [0, 0.05) is 23.8 Å². The molecule has 1 atom stereocenters. The van der Waals surface area contributed by atoms with Crippen LogP contribution in [0.3, 0.4) is 0 Å². The Morgan fingerprint density at radius 1 is 1.31 bits per heavy atom. The SMILES string of the molecule is CCCCCC(CC)Nc1nnc2c(c1COC(N)=O)CCCOCc1cccc(O)c1-2. The summed E-state index contributed by atoms with van der Waals surface area (Å²) < 4.78 is 11.0. The first-order valence-electron chi connectivity index (χ1n) is 11.5. The average molecular weight is 443 g/mol. The molecule has 1 unspecified atom stereocenters. The van der Waals surface area contributed by atoms with Gasteiger partial charge in [0.15, 0.2) is 5.82 Å². The molecule has 1 aromatic carbocycles. The monoisotopic (exact) mass is 442 g/mol. The van der Waals surface area contributed by atoms with E-state index in [1.54, 1.807) is 12.1 Å². The quantitative estimate of drug-likeness (QED) is 0.482. The van der Waals surface area contributed by atoms with Crippen LogP contribution >= 0.6 is 0 Å². The van der Waals surface area contributed by atoms with Gasteiger partial charge in [-0.3, -0.25) is 0 Å². The van der Waals surface area contributed by atoms with Gasteiger partial charge < -0.3 is 25.6 Å². The van der Waals surface area contributed by atoms with Crippen LogP contribution in [0.15, 0.2) is 18.2 Å². The number of primary amides is 1. The minimum Gasteiger partial charge on any atom is -0.507 e. The lowest BCUT2D eigenvalue weighted by molar-refractivity contribution is 0.119. The fraction of sp³-hybridized carbons (Fsp3) is 0.542. The number of rotatable bonds is 9. The van der Waals surface area contributed by atoms with Gasteiger partial charge in [-0.25, -0.2) is 4.79 Å². The summed E-state index contributed by atoms with van der Waals surface area (Å²) in [4.78, 5) is 11.4. The molecular formula is C24H34N4O4. The smallest absolute Gasteiger partial charge is 0.404 e. The molecule has 0 spiro atoms. The molecule has 0 aliphatic carbocycles. The number of nitrogens with two attached hydrogens (primary N) is 1. The summed E-state index contributed by atoms with van der Waals surface area (Å²) in [6.45, 7) is 5.27. The third-order valence-electron chi connectivity index (χ3n) is 5.87. The van der Waals surface area contributed by atoms with Crippen molar-refractivity contribution in [1.29, 1.82) is 0 Å². The Balaban J connectivity index is 2.07. The summed E-state index contributed by atoms with van der Waals surface area (Å²) in [6, 6.07) is 5.58. The van der Waals surface area contributed by atoms with Crippen LogP contribution in [0.25, 0.3) is 11.3 Å². The van der Waals surface area contributed by atoms with E-state index in [0.717, 1.165) is 48.8 Å². The molecule has 0 fully saturated rings. The van der Waals surface area contributed by atoms with Crippen molar-refractivity contribution in [2.75, 3.05) is 11.9 Å². The molecule has 8 nitrogen and oxygen atoms in total. The number of phenolic OH excluding ortho intramolecular Hbond substituents is 1. The van der Waals surface area contributed by atoms with Crippen molar-refractivity contribution in [3.63, 3.8) is 0 Å².